The van der Waals surface area contributed by atoms with E-state index in [1.165, 1.54) is 69.9 Å². The van der Waals surface area contributed by atoms with E-state index in [0.717, 1.165) is 19.3 Å². The summed E-state index contributed by atoms with van der Waals surface area (Å²) >= 11 is 0. The molecule has 0 saturated carbocycles. The van der Waals surface area contributed by atoms with Crippen LogP contribution in [-0.4, -0.2) is 17.9 Å². The fourth-order valence-corrected chi connectivity index (χ4v) is 3.16. The van der Waals surface area contributed by atoms with Gasteiger partial charge in [-0.3, -0.25) is 4.55 Å². The second-order valence-corrected chi connectivity index (χ2v) is 9.46. The molecule has 0 aromatic heterocycles. The number of unbranched alkanes of at least 4 members (excludes halogenated alkanes) is 6. The van der Waals surface area contributed by atoms with Crippen molar-refractivity contribution in [1.29, 1.82) is 0 Å². The molecule has 0 unspecified atom stereocenters. The molecule has 0 aliphatic carbocycles. The molecule has 1 N–H and O–H groups in total. The molecule has 4 nitrogen and oxygen atoms in total. The van der Waals surface area contributed by atoms with Crippen LogP contribution >= 0.6 is 0 Å². The number of hydrogen-bond donors (Lipinski definition) is 1. The molecule has 0 aliphatic rings. The van der Waals surface area contributed by atoms with Crippen LogP contribution in [-0.2, 0) is 23.0 Å². The first-order valence-corrected chi connectivity index (χ1v) is 11.4. The molecule has 1 aromatic carbocycles. The molecular weight excluding hydrogens is 348 g/mol. The van der Waals surface area contributed by atoms with Crippen molar-refractivity contribution in [2.75, 3.05) is 0 Å². The molecule has 0 radical (unpaired) electrons. The van der Waals surface area contributed by atoms with E-state index in [1.807, 2.05) is 12.1 Å². The van der Waals surface area contributed by atoms with Crippen molar-refractivity contribution in [3.8, 4) is 5.75 Å². The van der Waals surface area contributed by atoms with E-state index in [2.05, 4.69) is 19.9 Å². The summed E-state index contributed by atoms with van der Waals surface area (Å²) < 4.78 is 37.9. The van der Waals surface area contributed by atoms with Gasteiger partial charge in [0.2, 0.25) is 4.93 Å². The van der Waals surface area contributed by atoms with E-state index in [-0.39, 0.29) is 0 Å². The highest BCUT2D eigenvalue weighted by Gasteiger charge is 2.35. The van der Waals surface area contributed by atoms with Gasteiger partial charge in [-0.05, 0) is 62.8 Å². The van der Waals surface area contributed by atoms with Crippen LogP contribution in [0, 0.1) is 0 Å². The normalized spacial score (nSPS) is 12.3. The summed E-state index contributed by atoms with van der Waals surface area (Å²) in [5, 5.41) is 0. The average Bonchev–Trinajstić information content (AvgIpc) is 2.55. The summed E-state index contributed by atoms with van der Waals surface area (Å²) in [5.41, 5.74) is 2.57. The van der Waals surface area contributed by atoms with Gasteiger partial charge in [0.15, 0.2) is 0 Å². The lowest BCUT2D eigenvalue weighted by Crippen LogP contribution is -2.37. The molecule has 0 spiro atoms. The quantitative estimate of drug-likeness (QED) is 0.338. The SMILES string of the molecule is CCCCCCc1ccc(OC(C)(C)S(=O)(=O)O)cc1CCCCCC. The van der Waals surface area contributed by atoms with Gasteiger partial charge in [0.25, 0.3) is 0 Å². The standard InChI is InChI=1S/C21H36O4S/c1-5-7-9-11-13-18-15-16-20(25-21(3,4)26(22,23)24)17-19(18)14-12-10-8-6-2/h15-17H,5-14H2,1-4H3,(H,22,23,24). The van der Waals surface area contributed by atoms with Crippen LogP contribution in [0.4, 0.5) is 0 Å². The van der Waals surface area contributed by atoms with Crippen molar-refractivity contribution in [2.24, 2.45) is 0 Å². The molecule has 0 bridgehead atoms. The van der Waals surface area contributed by atoms with Crippen LogP contribution in [0.3, 0.4) is 0 Å². The Labute approximate surface area is 160 Å². The summed E-state index contributed by atoms with van der Waals surface area (Å²) in [5.74, 6) is 0.496. The van der Waals surface area contributed by atoms with Crippen molar-refractivity contribution in [3.05, 3.63) is 29.3 Å². The van der Waals surface area contributed by atoms with Gasteiger partial charge >= 0.3 is 10.1 Å². The molecule has 0 saturated heterocycles. The third-order valence-corrected chi connectivity index (χ3v) is 6.09. The maximum Gasteiger partial charge on any atom is 0.305 e. The Kier molecular flexibility index (Phi) is 9.66. The average molecular weight is 385 g/mol. The minimum absolute atomic E-state index is 0.496. The summed E-state index contributed by atoms with van der Waals surface area (Å²) in [6.45, 7) is 7.14. The van der Waals surface area contributed by atoms with Gasteiger partial charge in [-0.1, -0.05) is 58.4 Å². The molecule has 150 valence electrons. The highest BCUT2D eigenvalue weighted by molar-refractivity contribution is 7.87. The predicted octanol–water partition coefficient (Wildman–Crippen LogP) is 5.93. The van der Waals surface area contributed by atoms with Crippen molar-refractivity contribution in [2.45, 2.75) is 96.8 Å². The van der Waals surface area contributed by atoms with Crippen LogP contribution in [0.25, 0.3) is 0 Å². The summed E-state index contributed by atoms with van der Waals surface area (Å²) in [7, 11) is -4.29. The van der Waals surface area contributed by atoms with Gasteiger partial charge in [0.05, 0.1) is 0 Å². The number of aryl methyl sites for hydroxylation is 2. The number of benzene rings is 1. The van der Waals surface area contributed by atoms with Gasteiger partial charge in [0, 0.05) is 0 Å². The van der Waals surface area contributed by atoms with Crippen LogP contribution in [0.2, 0.25) is 0 Å². The molecule has 1 rings (SSSR count). The molecule has 0 heterocycles. The minimum Gasteiger partial charge on any atom is -0.469 e. The van der Waals surface area contributed by atoms with E-state index in [0.29, 0.717) is 5.75 Å². The first kappa shape index (κ1) is 23.0. The molecule has 0 atom stereocenters. The third-order valence-electron chi connectivity index (χ3n) is 4.76. The Bertz CT molecular complexity index is 635. The second kappa shape index (κ2) is 10.9. The van der Waals surface area contributed by atoms with Crippen LogP contribution in [0.15, 0.2) is 18.2 Å². The number of ether oxygens (including phenoxy) is 1. The Morgan fingerprint density at radius 3 is 1.92 bits per heavy atom. The first-order chi connectivity index (χ1) is 12.2. The Morgan fingerprint density at radius 2 is 1.42 bits per heavy atom. The van der Waals surface area contributed by atoms with Gasteiger partial charge in [0.1, 0.15) is 5.75 Å². The Balaban J connectivity index is 2.90. The van der Waals surface area contributed by atoms with Crippen molar-refractivity contribution >= 4 is 10.1 Å². The molecule has 0 amide bonds. The summed E-state index contributed by atoms with van der Waals surface area (Å²) in [6.07, 6.45) is 11.7. The van der Waals surface area contributed by atoms with Crippen molar-refractivity contribution in [3.63, 3.8) is 0 Å². The van der Waals surface area contributed by atoms with E-state index in [4.69, 9.17) is 4.74 Å². The Hall–Kier alpha value is -1.07. The fourth-order valence-electron chi connectivity index (χ4n) is 2.96. The van der Waals surface area contributed by atoms with Gasteiger partial charge in [-0.15, -0.1) is 0 Å². The monoisotopic (exact) mass is 384 g/mol. The largest absolute Gasteiger partial charge is 0.469 e. The van der Waals surface area contributed by atoms with Gasteiger partial charge < -0.3 is 4.74 Å². The van der Waals surface area contributed by atoms with Crippen molar-refractivity contribution in [1.82, 2.24) is 0 Å². The molecule has 1 aromatic rings. The molecule has 0 fully saturated rings. The van der Waals surface area contributed by atoms with E-state index < -0.39 is 15.1 Å². The maximum absolute atomic E-state index is 11.5. The van der Waals surface area contributed by atoms with Crippen LogP contribution < -0.4 is 4.74 Å². The number of rotatable bonds is 13. The lowest BCUT2D eigenvalue weighted by Gasteiger charge is -2.24. The summed E-state index contributed by atoms with van der Waals surface area (Å²) in [6, 6.07) is 5.82. The van der Waals surface area contributed by atoms with Gasteiger partial charge in [-0.25, -0.2) is 0 Å². The highest BCUT2D eigenvalue weighted by atomic mass is 32.2. The maximum atomic E-state index is 11.5. The predicted molar refractivity (Wildman–Crippen MR) is 108 cm³/mol. The zero-order valence-electron chi connectivity index (χ0n) is 16.9. The van der Waals surface area contributed by atoms with Gasteiger partial charge in [-0.2, -0.15) is 8.42 Å². The molecule has 0 aliphatic heterocycles. The fraction of sp³-hybridized carbons (Fsp3) is 0.714. The lowest BCUT2D eigenvalue weighted by molar-refractivity contribution is 0.178. The van der Waals surface area contributed by atoms with Crippen molar-refractivity contribution < 1.29 is 17.7 Å². The highest BCUT2D eigenvalue weighted by Crippen LogP contribution is 2.27. The minimum atomic E-state index is -4.29. The Morgan fingerprint density at radius 1 is 0.885 bits per heavy atom. The topological polar surface area (TPSA) is 63.6 Å². The number of hydrogen-bond acceptors (Lipinski definition) is 3. The van der Waals surface area contributed by atoms with E-state index in [1.54, 1.807) is 0 Å². The smallest absolute Gasteiger partial charge is 0.305 e. The van der Waals surface area contributed by atoms with E-state index in [9.17, 15) is 13.0 Å². The lowest BCUT2D eigenvalue weighted by atomic mass is 9.96. The van der Waals surface area contributed by atoms with Crippen LogP contribution in [0.1, 0.15) is 90.2 Å². The first-order valence-electron chi connectivity index (χ1n) is 9.99. The molecule has 26 heavy (non-hydrogen) atoms. The zero-order chi connectivity index (χ0) is 19.6. The second-order valence-electron chi connectivity index (χ2n) is 7.53. The van der Waals surface area contributed by atoms with Crippen LogP contribution in [0.5, 0.6) is 5.75 Å². The zero-order valence-corrected chi connectivity index (χ0v) is 17.7. The molecule has 5 heteroatoms. The summed E-state index contributed by atoms with van der Waals surface area (Å²) in [4.78, 5) is -1.66. The van der Waals surface area contributed by atoms with E-state index >= 15 is 0 Å². The third kappa shape index (κ3) is 7.67. The molecular formula is C21H36O4S.